The summed E-state index contributed by atoms with van der Waals surface area (Å²) >= 11 is 0. The maximum Gasteiger partial charge on any atom is 0.225 e. The summed E-state index contributed by atoms with van der Waals surface area (Å²) in [6, 6.07) is 3.90. The summed E-state index contributed by atoms with van der Waals surface area (Å²) in [5.41, 5.74) is 6.56. The Morgan fingerprint density at radius 1 is 1.48 bits per heavy atom. The van der Waals surface area contributed by atoms with Gasteiger partial charge >= 0.3 is 0 Å². The second-order valence-corrected chi connectivity index (χ2v) is 5.32. The van der Waals surface area contributed by atoms with E-state index in [1.54, 1.807) is 6.07 Å². The van der Waals surface area contributed by atoms with Crippen molar-refractivity contribution in [3.8, 4) is 5.75 Å². The zero-order chi connectivity index (χ0) is 14.7. The fourth-order valence-corrected chi connectivity index (χ4v) is 2.76. The molecule has 4 nitrogen and oxygen atoms in total. The molecule has 6 heteroatoms. The van der Waals surface area contributed by atoms with Crippen LogP contribution in [0, 0.1) is 11.7 Å². The number of hydrogen-bond acceptors (Lipinski definition) is 3. The molecule has 118 valence electrons. The third-order valence-electron chi connectivity index (χ3n) is 3.92. The van der Waals surface area contributed by atoms with E-state index < -0.39 is 0 Å². The van der Waals surface area contributed by atoms with Gasteiger partial charge in [0, 0.05) is 11.6 Å². The number of carbonyl (C=O) groups is 1. The number of carbonyl (C=O) groups excluding carboxylic acids is 1. The third-order valence-corrected chi connectivity index (χ3v) is 3.92. The molecule has 1 aliphatic rings. The molecule has 3 unspecified atom stereocenters. The average Bonchev–Trinajstić information content (AvgIpc) is 2.85. The molecule has 0 radical (unpaired) electrons. The predicted octanol–water partition coefficient (Wildman–Crippen LogP) is 2.56. The highest BCUT2D eigenvalue weighted by Crippen LogP contribution is 2.28. The number of rotatable bonds is 4. The minimum absolute atomic E-state index is 0. The second kappa shape index (κ2) is 7.61. The standard InChI is InChI=1S/C15H21FN2O2.ClH/c1-9(12-8-10(16)6-7-14(12)20-2)18-15(19)11-4-3-5-13(11)17;/h6-9,11,13H,3-5,17H2,1-2H3,(H,18,19);1H. The molecular weight excluding hydrogens is 295 g/mol. The average molecular weight is 317 g/mol. The molecule has 0 aromatic heterocycles. The number of nitrogens with two attached hydrogens (primary N) is 1. The van der Waals surface area contributed by atoms with Gasteiger partial charge in [-0.05, 0) is 38.0 Å². The summed E-state index contributed by atoms with van der Waals surface area (Å²) in [5, 5.41) is 2.90. The Morgan fingerprint density at radius 3 is 2.76 bits per heavy atom. The molecule has 2 rings (SSSR count). The van der Waals surface area contributed by atoms with Crippen LogP contribution < -0.4 is 15.8 Å². The van der Waals surface area contributed by atoms with Crippen molar-refractivity contribution in [2.24, 2.45) is 11.7 Å². The Bertz CT molecular complexity index is 499. The van der Waals surface area contributed by atoms with Gasteiger partial charge in [-0.3, -0.25) is 4.79 Å². The summed E-state index contributed by atoms with van der Waals surface area (Å²) in [4.78, 5) is 12.2. The van der Waals surface area contributed by atoms with Gasteiger partial charge in [0.05, 0.1) is 19.1 Å². The molecule has 1 amide bonds. The lowest BCUT2D eigenvalue weighted by atomic mass is 10.0. The van der Waals surface area contributed by atoms with Crippen LogP contribution in [0.3, 0.4) is 0 Å². The SMILES string of the molecule is COc1ccc(F)cc1C(C)NC(=O)C1CCCC1N.Cl. The molecule has 0 spiro atoms. The maximum atomic E-state index is 13.4. The molecule has 1 saturated carbocycles. The molecule has 1 aromatic rings. The van der Waals surface area contributed by atoms with E-state index in [0.29, 0.717) is 11.3 Å². The topological polar surface area (TPSA) is 64.3 Å². The van der Waals surface area contributed by atoms with E-state index in [4.69, 9.17) is 10.5 Å². The number of hydrogen-bond donors (Lipinski definition) is 2. The third kappa shape index (κ3) is 4.08. The van der Waals surface area contributed by atoms with E-state index in [9.17, 15) is 9.18 Å². The van der Waals surface area contributed by atoms with Crippen molar-refractivity contribution in [1.29, 1.82) is 0 Å². The molecule has 0 saturated heterocycles. The monoisotopic (exact) mass is 316 g/mol. The van der Waals surface area contributed by atoms with Crippen molar-refractivity contribution >= 4 is 18.3 Å². The first-order valence-corrected chi connectivity index (χ1v) is 6.92. The molecule has 1 fully saturated rings. The second-order valence-electron chi connectivity index (χ2n) is 5.32. The van der Waals surface area contributed by atoms with Gasteiger partial charge in [0.1, 0.15) is 11.6 Å². The smallest absolute Gasteiger partial charge is 0.225 e. The number of benzene rings is 1. The lowest BCUT2D eigenvalue weighted by molar-refractivity contribution is -0.125. The van der Waals surface area contributed by atoms with Crippen LogP contribution in [-0.2, 0) is 4.79 Å². The highest BCUT2D eigenvalue weighted by atomic mass is 35.5. The number of amides is 1. The van der Waals surface area contributed by atoms with Gasteiger partial charge in [-0.2, -0.15) is 0 Å². The van der Waals surface area contributed by atoms with Crippen molar-refractivity contribution in [2.45, 2.75) is 38.3 Å². The quantitative estimate of drug-likeness (QED) is 0.897. The number of ether oxygens (including phenoxy) is 1. The van der Waals surface area contributed by atoms with E-state index in [1.165, 1.54) is 19.2 Å². The predicted molar refractivity (Wildman–Crippen MR) is 82.1 cm³/mol. The molecule has 3 N–H and O–H groups in total. The normalized spacial score (nSPS) is 22.3. The van der Waals surface area contributed by atoms with E-state index >= 15 is 0 Å². The molecule has 0 bridgehead atoms. The Hall–Kier alpha value is -1.33. The maximum absolute atomic E-state index is 13.4. The zero-order valence-corrected chi connectivity index (χ0v) is 13.1. The molecule has 1 aliphatic carbocycles. The van der Waals surface area contributed by atoms with E-state index in [0.717, 1.165) is 19.3 Å². The fraction of sp³-hybridized carbons (Fsp3) is 0.533. The van der Waals surface area contributed by atoms with Crippen molar-refractivity contribution in [1.82, 2.24) is 5.32 Å². The van der Waals surface area contributed by atoms with Gasteiger partial charge in [0.15, 0.2) is 0 Å². The zero-order valence-electron chi connectivity index (χ0n) is 12.3. The number of halogens is 2. The minimum atomic E-state index is -0.348. The highest BCUT2D eigenvalue weighted by Gasteiger charge is 2.31. The van der Waals surface area contributed by atoms with Crippen LogP contribution in [0.15, 0.2) is 18.2 Å². The molecule has 0 aliphatic heterocycles. The number of methoxy groups -OCH3 is 1. The van der Waals surface area contributed by atoms with Gasteiger partial charge in [-0.1, -0.05) is 6.42 Å². The Kier molecular flexibility index (Phi) is 6.42. The molecule has 3 atom stereocenters. The van der Waals surface area contributed by atoms with Crippen LogP contribution in [0.4, 0.5) is 4.39 Å². The first-order valence-electron chi connectivity index (χ1n) is 6.92. The van der Waals surface area contributed by atoms with Gasteiger partial charge in [0.25, 0.3) is 0 Å². The summed E-state index contributed by atoms with van der Waals surface area (Å²) in [5.74, 6) is 0.0141. The summed E-state index contributed by atoms with van der Waals surface area (Å²) in [6.07, 6.45) is 2.69. The van der Waals surface area contributed by atoms with E-state index in [2.05, 4.69) is 5.32 Å². The van der Waals surface area contributed by atoms with Crippen molar-refractivity contribution < 1.29 is 13.9 Å². The van der Waals surface area contributed by atoms with Crippen LogP contribution in [0.5, 0.6) is 5.75 Å². The van der Waals surface area contributed by atoms with E-state index in [-0.39, 0.29) is 42.1 Å². The highest BCUT2D eigenvalue weighted by molar-refractivity contribution is 5.85. The Morgan fingerprint density at radius 2 is 2.19 bits per heavy atom. The molecule has 1 aromatic carbocycles. The minimum Gasteiger partial charge on any atom is -0.496 e. The summed E-state index contributed by atoms with van der Waals surface area (Å²) in [6.45, 7) is 1.82. The van der Waals surface area contributed by atoms with Crippen LogP contribution in [-0.4, -0.2) is 19.1 Å². The lowest BCUT2D eigenvalue weighted by Crippen LogP contribution is -2.39. The van der Waals surface area contributed by atoms with Crippen LogP contribution >= 0.6 is 12.4 Å². The number of nitrogens with one attached hydrogen (secondary N) is 1. The largest absolute Gasteiger partial charge is 0.496 e. The first-order chi connectivity index (χ1) is 9.52. The van der Waals surface area contributed by atoms with Crippen molar-refractivity contribution in [3.63, 3.8) is 0 Å². The molecule has 21 heavy (non-hydrogen) atoms. The van der Waals surface area contributed by atoms with Crippen LogP contribution in [0.2, 0.25) is 0 Å². The van der Waals surface area contributed by atoms with Crippen LogP contribution in [0.25, 0.3) is 0 Å². The van der Waals surface area contributed by atoms with Gasteiger partial charge in [0.2, 0.25) is 5.91 Å². The molecular formula is C15H22ClFN2O2. The van der Waals surface area contributed by atoms with Crippen molar-refractivity contribution in [2.75, 3.05) is 7.11 Å². The van der Waals surface area contributed by atoms with Gasteiger partial charge < -0.3 is 15.8 Å². The summed E-state index contributed by atoms with van der Waals surface area (Å²) in [7, 11) is 1.53. The Balaban J connectivity index is 0.00000220. The van der Waals surface area contributed by atoms with Gasteiger partial charge in [-0.25, -0.2) is 4.39 Å². The van der Waals surface area contributed by atoms with Gasteiger partial charge in [-0.15, -0.1) is 12.4 Å². The summed E-state index contributed by atoms with van der Waals surface area (Å²) < 4.78 is 18.6. The Labute approximate surface area is 130 Å². The van der Waals surface area contributed by atoms with Crippen LogP contribution in [0.1, 0.15) is 37.8 Å². The first kappa shape index (κ1) is 17.7. The fourth-order valence-electron chi connectivity index (χ4n) is 2.76. The molecule has 0 heterocycles. The lowest BCUT2D eigenvalue weighted by Gasteiger charge is -2.21. The van der Waals surface area contributed by atoms with E-state index in [1.807, 2.05) is 6.92 Å². The van der Waals surface area contributed by atoms with Crippen molar-refractivity contribution in [3.05, 3.63) is 29.6 Å².